The minimum Gasteiger partial charge on any atom is -0.490 e. The van der Waals surface area contributed by atoms with Crippen molar-refractivity contribution in [3.63, 3.8) is 0 Å². The molecule has 2 aromatic carbocycles. The lowest BCUT2D eigenvalue weighted by molar-refractivity contribution is 0.0954. The Kier molecular flexibility index (Phi) is 7.61. The first-order valence-corrected chi connectivity index (χ1v) is 12.5. The molecule has 0 fully saturated rings. The number of aryl methyl sites for hydroxylation is 1. The average molecular weight is 461 g/mol. The van der Waals surface area contributed by atoms with Crippen LogP contribution >= 0.6 is 0 Å². The minimum atomic E-state index is -0.0531. The standard InChI is InChI=1S/C29H36N2O3/c1-5-33-27-14-8-22(19-28(27)34-6-2)15-16-30-29(32)23-9-11-25(12-10-23)31-21(4)18-24-17-20(3)7-13-26(24)31/h8-12,14,18-20H,5-7,13,15-17H2,1-4H3,(H,30,32)/t20-/m1/s1. The molecule has 1 atom stereocenters. The van der Waals surface area contributed by atoms with E-state index < -0.39 is 0 Å². The highest BCUT2D eigenvalue weighted by atomic mass is 16.5. The summed E-state index contributed by atoms with van der Waals surface area (Å²) in [4.78, 5) is 12.7. The number of rotatable bonds is 9. The van der Waals surface area contributed by atoms with Crippen LogP contribution in [0.1, 0.15) is 60.1 Å². The van der Waals surface area contributed by atoms with Crippen LogP contribution in [0.4, 0.5) is 0 Å². The molecule has 0 saturated carbocycles. The predicted octanol–water partition coefficient (Wildman–Crippen LogP) is 5.68. The Labute approximate surface area is 203 Å². The molecule has 1 N–H and O–H groups in total. The Hall–Kier alpha value is -3.21. The maximum Gasteiger partial charge on any atom is 0.251 e. The fourth-order valence-corrected chi connectivity index (χ4v) is 4.86. The van der Waals surface area contributed by atoms with Crippen LogP contribution in [0.25, 0.3) is 5.69 Å². The summed E-state index contributed by atoms with van der Waals surface area (Å²) < 4.78 is 13.7. The van der Waals surface area contributed by atoms with Crippen LogP contribution in [-0.4, -0.2) is 30.2 Å². The second-order valence-electron chi connectivity index (χ2n) is 9.14. The van der Waals surface area contributed by atoms with Gasteiger partial charge in [0.1, 0.15) is 0 Å². The van der Waals surface area contributed by atoms with Gasteiger partial charge in [0.15, 0.2) is 11.5 Å². The predicted molar refractivity (Wildman–Crippen MR) is 137 cm³/mol. The summed E-state index contributed by atoms with van der Waals surface area (Å²) in [5.41, 5.74) is 7.07. The normalized spacial score (nSPS) is 15.0. The number of carbonyl (C=O) groups excluding carboxylic acids is 1. The van der Waals surface area contributed by atoms with Crippen molar-refractivity contribution < 1.29 is 14.3 Å². The summed E-state index contributed by atoms with van der Waals surface area (Å²) in [5.74, 6) is 2.21. The minimum absolute atomic E-state index is 0.0531. The SMILES string of the molecule is CCOc1ccc(CCNC(=O)c2ccc(-n3c(C)cc4c3CC[C@@H](C)C4)cc2)cc1OCC. The van der Waals surface area contributed by atoms with Crippen molar-refractivity contribution in [1.82, 2.24) is 9.88 Å². The zero-order chi connectivity index (χ0) is 24.1. The van der Waals surface area contributed by atoms with Gasteiger partial charge in [-0.25, -0.2) is 0 Å². The van der Waals surface area contributed by atoms with Crippen molar-refractivity contribution in [3.05, 3.63) is 76.6 Å². The zero-order valence-corrected chi connectivity index (χ0v) is 20.8. The Balaban J connectivity index is 1.37. The van der Waals surface area contributed by atoms with Gasteiger partial charge in [0, 0.05) is 29.2 Å². The van der Waals surface area contributed by atoms with Crippen molar-refractivity contribution in [1.29, 1.82) is 0 Å². The highest BCUT2D eigenvalue weighted by Gasteiger charge is 2.21. The number of amides is 1. The van der Waals surface area contributed by atoms with E-state index in [0.717, 1.165) is 47.9 Å². The summed E-state index contributed by atoms with van der Waals surface area (Å²) >= 11 is 0. The molecule has 0 saturated heterocycles. The van der Waals surface area contributed by atoms with Gasteiger partial charge in [-0.3, -0.25) is 4.79 Å². The summed E-state index contributed by atoms with van der Waals surface area (Å²) in [6, 6.07) is 16.2. The van der Waals surface area contributed by atoms with Crippen molar-refractivity contribution >= 4 is 5.91 Å². The number of nitrogens with zero attached hydrogens (tertiary/aromatic N) is 1. The first kappa shape index (κ1) is 23.9. The third kappa shape index (κ3) is 5.30. The largest absolute Gasteiger partial charge is 0.490 e. The van der Waals surface area contributed by atoms with E-state index in [2.05, 4.69) is 41.9 Å². The molecule has 1 heterocycles. The number of aromatic nitrogens is 1. The van der Waals surface area contributed by atoms with Gasteiger partial charge in [0.05, 0.1) is 13.2 Å². The lowest BCUT2D eigenvalue weighted by atomic mass is 9.89. The summed E-state index contributed by atoms with van der Waals surface area (Å²) in [7, 11) is 0. The van der Waals surface area contributed by atoms with E-state index >= 15 is 0 Å². The molecule has 0 unspecified atom stereocenters. The number of nitrogens with one attached hydrogen (secondary N) is 1. The van der Waals surface area contributed by atoms with E-state index in [1.54, 1.807) is 0 Å². The molecule has 5 heteroatoms. The van der Waals surface area contributed by atoms with Gasteiger partial charge in [-0.05, 0) is 106 Å². The van der Waals surface area contributed by atoms with Crippen molar-refractivity contribution in [2.45, 2.75) is 53.4 Å². The molecule has 1 aliphatic carbocycles. The third-order valence-electron chi connectivity index (χ3n) is 6.51. The zero-order valence-electron chi connectivity index (χ0n) is 20.8. The van der Waals surface area contributed by atoms with Crippen molar-refractivity contribution in [3.8, 4) is 17.2 Å². The molecule has 5 nitrogen and oxygen atoms in total. The molecule has 1 aromatic heterocycles. The summed E-state index contributed by atoms with van der Waals surface area (Å²) in [6.45, 7) is 10.2. The molecule has 4 rings (SSSR count). The van der Waals surface area contributed by atoms with Crippen LogP contribution in [0.5, 0.6) is 11.5 Å². The molecule has 1 amide bonds. The highest BCUT2D eigenvalue weighted by molar-refractivity contribution is 5.94. The fourth-order valence-electron chi connectivity index (χ4n) is 4.86. The second kappa shape index (κ2) is 10.8. The fraction of sp³-hybridized carbons (Fsp3) is 0.414. The van der Waals surface area contributed by atoms with Crippen molar-refractivity contribution in [2.24, 2.45) is 5.92 Å². The molecule has 0 radical (unpaired) electrons. The first-order valence-electron chi connectivity index (χ1n) is 12.5. The Morgan fingerprint density at radius 3 is 2.50 bits per heavy atom. The Morgan fingerprint density at radius 1 is 1.03 bits per heavy atom. The molecule has 180 valence electrons. The van der Waals surface area contributed by atoms with Gasteiger partial charge in [-0.2, -0.15) is 0 Å². The second-order valence-corrected chi connectivity index (χ2v) is 9.14. The van der Waals surface area contributed by atoms with Crippen LogP contribution in [0.3, 0.4) is 0 Å². The van der Waals surface area contributed by atoms with Gasteiger partial charge in [-0.15, -0.1) is 0 Å². The summed E-state index contributed by atoms with van der Waals surface area (Å²) in [6.07, 6.45) is 4.23. The molecule has 34 heavy (non-hydrogen) atoms. The van der Waals surface area contributed by atoms with Gasteiger partial charge >= 0.3 is 0 Å². The molecule has 0 aliphatic heterocycles. The quantitative estimate of drug-likeness (QED) is 0.447. The monoisotopic (exact) mass is 460 g/mol. The number of ether oxygens (including phenoxy) is 2. The number of benzene rings is 2. The van der Waals surface area contributed by atoms with E-state index in [0.29, 0.717) is 25.3 Å². The number of carbonyl (C=O) groups is 1. The van der Waals surface area contributed by atoms with Crippen LogP contribution in [0, 0.1) is 12.8 Å². The molecular weight excluding hydrogens is 424 g/mol. The molecule has 1 aliphatic rings. The first-order chi connectivity index (χ1) is 16.5. The Bertz CT molecular complexity index is 1130. The maximum absolute atomic E-state index is 12.7. The molecule has 0 bridgehead atoms. The third-order valence-corrected chi connectivity index (χ3v) is 6.51. The van der Waals surface area contributed by atoms with E-state index in [9.17, 15) is 4.79 Å². The average Bonchev–Trinajstić information content (AvgIpc) is 3.15. The van der Waals surface area contributed by atoms with Gasteiger partial charge in [0.2, 0.25) is 0 Å². The molecule has 3 aromatic rings. The topological polar surface area (TPSA) is 52.5 Å². The molecular formula is C29H36N2O3. The lowest BCUT2D eigenvalue weighted by Crippen LogP contribution is -2.25. The number of hydrogen-bond acceptors (Lipinski definition) is 3. The number of fused-ring (bicyclic) bond motifs is 1. The lowest BCUT2D eigenvalue weighted by Gasteiger charge is -2.21. The summed E-state index contributed by atoms with van der Waals surface area (Å²) in [5, 5.41) is 3.04. The van der Waals surface area contributed by atoms with Crippen molar-refractivity contribution in [2.75, 3.05) is 19.8 Å². The van der Waals surface area contributed by atoms with Crippen LogP contribution < -0.4 is 14.8 Å². The Morgan fingerprint density at radius 2 is 1.76 bits per heavy atom. The number of hydrogen-bond donors (Lipinski definition) is 1. The highest BCUT2D eigenvalue weighted by Crippen LogP contribution is 2.31. The van der Waals surface area contributed by atoms with E-state index in [1.165, 1.54) is 23.4 Å². The van der Waals surface area contributed by atoms with E-state index in [4.69, 9.17) is 9.47 Å². The van der Waals surface area contributed by atoms with Gasteiger partial charge in [0.25, 0.3) is 5.91 Å². The van der Waals surface area contributed by atoms with E-state index in [-0.39, 0.29) is 5.91 Å². The molecule has 0 spiro atoms. The maximum atomic E-state index is 12.7. The van der Waals surface area contributed by atoms with Gasteiger partial charge < -0.3 is 19.4 Å². The van der Waals surface area contributed by atoms with Crippen LogP contribution in [0.2, 0.25) is 0 Å². The van der Waals surface area contributed by atoms with E-state index in [1.807, 2.05) is 44.2 Å². The van der Waals surface area contributed by atoms with Crippen LogP contribution in [0.15, 0.2) is 48.5 Å². The van der Waals surface area contributed by atoms with Gasteiger partial charge in [-0.1, -0.05) is 13.0 Å². The smallest absolute Gasteiger partial charge is 0.251 e. The van der Waals surface area contributed by atoms with Crippen LogP contribution in [-0.2, 0) is 19.3 Å².